The minimum absolute atomic E-state index is 0.0306. The molecule has 0 aliphatic rings. The number of para-hydroxylation sites is 1. The van der Waals surface area contributed by atoms with E-state index in [4.69, 9.17) is 28.7 Å². The van der Waals surface area contributed by atoms with Crippen molar-refractivity contribution in [2.24, 2.45) is 33.7 Å². The number of carboxylic acid groups (broad SMARTS) is 1. The number of guanidine groups is 1. The Bertz CT molecular complexity index is 1310. The number of nitrogens with two attached hydrogens (primary N) is 5. The van der Waals surface area contributed by atoms with Crippen LogP contribution in [0.2, 0.25) is 0 Å². The lowest BCUT2D eigenvalue weighted by atomic mass is 10.0. The predicted molar refractivity (Wildman–Crippen MR) is 165 cm³/mol. The number of H-pyrrole nitrogens is 1. The monoisotopic (exact) mass is 616 g/mol. The SMILES string of the molecule is NCCCCC(N)C(=O)NC(Cc1c[nH]c2ccccc12)C(=O)NC(CCCN=C(N)N)C(=O)NC(CCC(N)=O)C(=O)O. The molecular formula is C28H44N10O6. The zero-order valence-electron chi connectivity index (χ0n) is 24.6. The first kappa shape index (κ1) is 35.5. The van der Waals surface area contributed by atoms with Crippen molar-refractivity contribution in [1.29, 1.82) is 0 Å². The fourth-order valence-corrected chi connectivity index (χ4v) is 4.51. The van der Waals surface area contributed by atoms with Crippen LogP contribution in [0.25, 0.3) is 10.9 Å². The number of nitrogens with zero attached hydrogens (tertiary/aromatic N) is 1. The summed E-state index contributed by atoms with van der Waals surface area (Å²) in [4.78, 5) is 69.9. The van der Waals surface area contributed by atoms with Gasteiger partial charge >= 0.3 is 5.97 Å². The van der Waals surface area contributed by atoms with Gasteiger partial charge in [-0.1, -0.05) is 24.6 Å². The topological polar surface area (TPSA) is 300 Å². The minimum Gasteiger partial charge on any atom is -0.480 e. The molecule has 1 aromatic carbocycles. The molecule has 242 valence electrons. The summed E-state index contributed by atoms with van der Waals surface area (Å²) in [7, 11) is 0. The third-order valence-electron chi connectivity index (χ3n) is 6.91. The van der Waals surface area contributed by atoms with Crippen LogP contribution >= 0.6 is 0 Å². The van der Waals surface area contributed by atoms with Gasteiger partial charge in [0, 0.05) is 36.5 Å². The molecule has 0 fully saturated rings. The molecule has 0 saturated carbocycles. The van der Waals surface area contributed by atoms with Crippen LogP contribution in [0.4, 0.5) is 0 Å². The normalized spacial score (nSPS) is 13.7. The second-order valence-corrected chi connectivity index (χ2v) is 10.4. The number of carbonyl (C=O) groups excluding carboxylic acids is 4. The standard InChI is InChI=1S/C28H44N10O6/c29-12-4-3-7-18(30)24(40)38-22(14-16-15-35-19-8-2-1-6-17(16)19)26(42)36-20(9-5-13-34-28(32)33)25(41)37-21(27(43)44)10-11-23(31)39/h1-2,6,8,15,18,20-22,35H,3-5,7,9-14,29-30H2,(H2,31,39)(H,36,42)(H,37,41)(H,38,40)(H,43,44)(H4,32,33,34). The maximum atomic E-state index is 13.7. The minimum atomic E-state index is -1.43. The van der Waals surface area contributed by atoms with Gasteiger partial charge in [-0.15, -0.1) is 0 Å². The van der Waals surface area contributed by atoms with Crippen molar-refractivity contribution in [3.8, 4) is 0 Å². The third-order valence-corrected chi connectivity index (χ3v) is 6.91. The average Bonchev–Trinajstić information content (AvgIpc) is 3.38. The van der Waals surface area contributed by atoms with Gasteiger partial charge < -0.3 is 54.7 Å². The Hall–Kier alpha value is -4.70. The molecule has 2 rings (SSSR count). The Morgan fingerprint density at radius 2 is 1.50 bits per heavy atom. The van der Waals surface area contributed by atoms with Gasteiger partial charge in [-0.2, -0.15) is 0 Å². The Labute approximate surface area is 254 Å². The van der Waals surface area contributed by atoms with Crippen LogP contribution in [0.5, 0.6) is 0 Å². The molecule has 2 aromatic rings. The average molecular weight is 617 g/mol. The lowest BCUT2D eigenvalue weighted by Gasteiger charge is -2.25. The van der Waals surface area contributed by atoms with Crippen LogP contribution in [0.3, 0.4) is 0 Å². The summed E-state index contributed by atoms with van der Waals surface area (Å²) in [6.45, 7) is 0.594. The third kappa shape index (κ3) is 11.9. The van der Waals surface area contributed by atoms with Gasteiger partial charge in [-0.3, -0.25) is 24.2 Å². The summed E-state index contributed by atoms with van der Waals surface area (Å²) in [6, 6.07) is 2.75. The zero-order valence-corrected chi connectivity index (χ0v) is 24.6. The molecule has 4 atom stereocenters. The lowest BCUT2D eigenvalue weighted by Crippen LogP contribution is -2.57. The first-order valence-corrected chi connectivity index (χ1v) is 14.4. The van der Waals surface area contributed by atoms with E-state index in [1.165, 1.54) is 0 Å². The van der Waals surface area contributed by atoms with E-state index in [0.29, 0.717) is 25.8 Å². The number of unbranched alkanes of at least 4 members (excludes halogenated alkanes) is 1. The zero-order chi connectivity index (χ0) is 32.6. The highest BCUT2D eigenvalue weighted by Gasteiger charge is 2.31. The maximum absolute atomic E-state index is 13.7. The number of fused-ring (bicyclic) bond motifs is 1. The van der Waals surface area contributed by atoms with Crippen LogP contribution in [-0.2, 0) is 30.4 Å². The van der Waals surface area contributed by atoms with E-state index in [2.05, 4.69) is 25.9 Å². The molecule has 1 heterocycles. The van der Waals surface area contributed by atoms with E-state index in [1.54, 1.807) is 6.20 Å². The number of aliphatic imine (C=N–C) groups is 1. The van der Waals surface area contributed by atoms with Gasteiger partial charge in [0.05, 0.1) is 6.04 Å². The molecule has 0 aliphatic heterocycles. The number of benzene rings is 1. The summed E-state index contributed by atoms with van der Waals surface area (Å²) in [5, 5.41) is 18.1. The molecule has 16 nitrogen and oxygen atoms in total. The molecule has 0 aliphatic carbocycles. The first-order valence-electron chi connectivity index (χ1n) is 14.4. The number of rotatable bonds is 20. The number of amides is 4. The van der Waals surface area contributed by atoms with Gasteiger partial charge in [0.15, 0.2) is 5.96 Å². The number of aliphatic carboxylic acids is 1. The van der Waals surface area contributed by atoms with Crippen LogP contribution in [0.15, 0.2) is 35.5 Å². The molecule has 1 aromatic heterocycles. The molecule has 0 saturated heterocycles. The number of carbonyl (C=O) groups is 5. The molecule has 0 spiro atoms. The molecule has 0 radical (unpaired) electrons. The Kier molecular flexibility index (Phi) is 14.6. The summed E-state index contributed by atoms with van der Waals surface area (Å²) >= 11 is 0. The summed E-state index contributed by atoms with van der Waals surface area (Å²) in [6.07, 6.45) is 3.24. The first-order chi connectivity index (χ1) is 20.9. The number of hydrogen-bond acceptors (Lipinski definition) is 8. The second-order valence-electron chi connectivity index (χ2n) is 10.4. The van der Waals surface area contributed by atoms with E-state index in [-0.39, 0.29) is 44.6 Å². The van der Waals surface area contributed by atoms with Crippen LogP contribution in [-0.4, -0.2) is 82.9 Å². The summed E-state index contributed by atoms with van der Waals surface area (Å²) in [5.74, 6) is -4.31. The van der Waals surface area contributed by atoms with Crippen molar-refractivity contribution in [2.75, 3.05) is 13.1 Å². The molecule has 4 unspecified atom stereocenters. The smallest absolute Gasteiger partial charge is 0.326 e. The molecule has 16 heteroatoms. The lowest BCUT2D eigenvalue weighted by molar-refractivity contribution is -0.142. The number of carboxylic acids is 1. The Morgan fingerprint density at radius 1 is 0.841 bits per heavy atom. The molecule has 4 amide bonds. The van der Waals surface area contributed by atoms with E-state index in [0.717, 1.165) is 16.5 Å². The van der Waals surface area contributed by atoms with Crippen LogP contribution in [0, 0.1) is 0 Å². The largest absolute Gasteiger partial charge is 0.480 e. The van der Waals surface area contributed by atoms with E-state index >= 15 is 0 Å². The fourth-order valence-electron chi connectivity index (χ4n) is 4.51. The van der Waals surface area contributed by atoms with Gasteiger partial charge in [-0.05, 0) is 50.3 Å². The highest BCUT2D eigenvalue weighted by Crippen LogP contribution is 2.19. The highest BCUT2D eigenvalue weighted by atomic mass is 16.4. The van der Waals surface area contributed by atoms with Gasteiger partial charge in [0.25, 0.3) is 0 Å². The predicted octanol–water partition coefficient (Wildman–Crippen LogP) is -1.98. The number of nitrogens with one attached hydrogen (secondary N) is 4. The molecular weight excluding hydrogens is 572 g/mol. The van der Waals surface area contributed by atoms with Gasteiger partial charge in [0.1, 0.15) is 18.1 Å². The molecule has 44 heavy (non-hydrogen) atoms. The quantitative estimate of drug-likeness (QED) is 0.0444. The van der Waals surface area contributed by atoms with E-state index in [9.17, 15) is 29.1 Å². The van der Waals surface area contributed by atoms with Crippen LogP contribution in [0.1, 0.15) is 50.5 Å². The van der Waals surface area contributed by atoms with E-state index in [1.807, 2.05) is 24.3 Å². The van der Waals surface area contributed by atoms with Crippen molar-refractivity contribution in [3.63, 3.8) is 0 Å². The van der Waals surface area contributed by atoms with E-state index < -0.39 is 53.8 Å². The number of aromatic amines is 1. The van der Waals surface area contributed by atoms with Crippen molar-refractivity contribution < 1.29 is 29.1 Å². The van der Waals surface area contributed by atoms with Gasteiger partial charge in [-0.25, -0.2) is 4.79 Å². The van der Waals surface area contributed by atoms with Crippen molar-refractivity contribution in [3.05, 3.63) is 36.0 Å². The number of aromatic nitrogens is 1. The van der Waals surface area contributed by atoms with Gasteiger partial charge in [0.2, 0.25) is 23.6 Å². The summed E-state index contributed by atoms with van der Waals surface area (Å²) < 4.78 is 0. The highest BCUT2D eigenvalue weighted by molar-refractivity contribution is 5.95. The fraction of sp³-hybridized carbons (Fsp3) is 0.500. The number of primary amides is 1. The number of hydrogen-bond donors (Lipinski definition) is 10. The van der Waals surface area contributed by atoms with Crippen LogP contribution < -0.4 is 44.6 Å². The Morgan fingerprint density at radius 3 is 2.16 bits per heavy atom. The summed E-state index contributed by atoms with van der Waals surface area (Å²) in [5.41, 5.74) is 29.1. The Balaban J connectivity index is 2.30. The van der Waals surface area contributed by atoms with Crippen molar-refractivity contribution in [2.45, 2.75) is 75.5 Å². The second kappa shape index (κ2) is 18.1. The molecule has 0 bridgehead atoms. The van der Waals surface area contributed by atoms with Crippen molar-refractivity contribution >= 4 is 46.5 Å². The maximum Gasteiger partial charge on any atom is 0.326 e. The van der Waals surface area contributed by atoms with Crippen molar-refractivity contribution in [1.82, 2.24) is 20.9 Å². The molecule has 15 N–H and O–H groups in total.